The number of anilines is 1. The predicted molar refractivity (Wildman–Crippen MR) is 92.3 cm³/mol. The number of amides is 2. The summed E-state index contributed by atoms with van der Waals surface area (Å²) < 4.78 is 6.91. The summed E-state index contributed by atoms with van der Waals surface area (Å²) in [7, 11) is 0. The Balaban J connectivity index is 1.98. The van der Waals surface area contributed by atoms with Gasteiger partial charge in [-0.25, -0.2) is 19.3 Å². The number of primary amides is 1. The maximum atomic E-state index is 12.3. The van der Waals surface area contributed by atoms with Gasteiger partial charge in [0.15, 0.2) is 5.65 Å². The fourth-order valence-corrected chi connectivity index (χ4v) is 3.06. The Morgan fingerprint density at radius 1 is 1.40 bits per heavy atom. The van der Waals surface area contributed by atoms with Crippen molar-refractivity contribution in [1.82, 2.24) is 19.7 Å². The van der Waals surface area contributed by atoms with Crippen molar-refractivity contribution in [3.8, 4) is 0 Å². The Bertz CT molecular complexity index is 803. The van der Waals surface area contributed by atoms with Crippen molar-refractivity contribution < 1.29 is 14.3 Å². The SMILES string of the molecule is CCOC(=O)c1cnc2c(cnn2CC)c1N[C@H]1CCN(C(N)=O)C1. The molecule has 3 rings (SSSR count). The molecule has 0 aliphatic carbocycles. The first-order chi connectivity index (χ1) is 12.0. The van der Waals surface area contributed by atoms with Crippen molar-refractivity contribution in [3.63, 3.8) is 0 Å². The highest BCUT2D eigenvalue weighted by Crippen LogP contribution is 2.28. The normalized spacial score (nSPS) is 17.0. The lowest BCUT2D eigenvalue weighted by molar-refractivity contribution is 0.0527. The van der Waals surface area contributed by atoms with Crippen LogP contribution in [0.2, 0.25) is 0 Å². The lowest BCUT2D eigenvalue weighted by Gasteiger charge is -2.18. The largest absolute Gasteiger partial charge is 0.462 e. The first-order valence-electron chi connectivity index (χ1n) is 8.37. The topological polar surface area (TPSA) is 115 Å². The second kappa shape index (κ2) is 6.96. The van der Waals surface area contributed by atoms with Crippen LogP contribution in [-0.2, 0) is 11.3 Å². The number of hydrogen-bond acceptors (Lipinski definition) is 6. The molecule has 1 aliphatic heterocycles. The molecule has 1 aliphatic rings. The van der Waals surface area contributed by atoms with E-state index in [1.165, 1.54) is 6.20 Å². The van der Waals surface area contributed by atoms with E-state index in [1.807, 2.05) is 6.92 Å². The number of likely N-dealkylation sites (tertiary alicyclic amines) is 1. The minimum Gasteiger partial charge on any atom is -0.462 e. The highest BCUT2D eigenvalue weighted by Gasteiger charge is 2.27. The van der Waals surface area contributed by atoms with Crippen LogP contribution in [0.15, 0.2) is 12.4 Å². The molecule has 0 bridgehead atoms. The van der Waals surface area contributed by atoms with Crippen molar-refractivity contribution in [2.75, 3.05) is 25.0 Å². The molecule has 3 N–H and O–H groups in total. The monoisotopic (exact) mass is 346 g/mol. The fourth-order valence-electron chi connectivity index (χ4n) is 3.06. The van der Waals surface area contributed by atoms with Gasteiger partial charge < -0.3 is 20.7 Å². The van der Waals surface area contributed by atoms with Crippen molar-refractivity contribution in [3.05, 3.63) is 18.0 Å². The van der Waals surface area contributed by atoms with Crippen LogP contribution in [-0.4, -0.2) is 57.4 Å². The molecule has 0 unspecified atom stereocenters. The number of nitrogens with one attached hydrogen (secondary N) is 1. The number of pyridine rings is 1. The Morgan fingerprint density at radius 3 is 2.84 bits per heavy atom. The van der Waals surface area contributed by atoms with Gasteiger partial charge in [-0.05, 0) is 20.3 Å². The Labute approximate surface area is 145 Å². The minimum atomic E-state index is -0.437. The first-order valence-corrected chi connectivity index (χ1v) is 8.37. The van der Waals surface area contributed by atoms with Gasteiger partial charge in [0.25, 0.3) is 0 Å². The molecule has 0 radical (unpaired) electrons. The number of carbonyl (C=O) groups excluding carboxylic acids is 2. The lowest BCUT2D eigenvalue weighted by atomic mass is 10.1. The molecule has 0 spiro atoms. The molecule has 1 saturated heterocycles. The molecule has 2 aromatic rings. The number of aromatic nitrogens is 3. The highest BCUT2D eigenvalue weighted by molar-refractivity contribution is 6.04. The summed E-state index contributed by atoms with van der Waals surface area (Å²) in [4.78, 5) is 29.6. The second-order valence-corrected chi connectivity index (χ2v) is 5.88. The molecular formula is C16H22N6O3. The third-order valence-corrected chi connectivity index (χ3v) is 4.31. The zero-order valence-corrected chi connectivity index (χ0v) is 14.4. The zero-order chi connectivity index (χ0) is 18.0. The molecule has 2 aromatic heterocycles. The van der Waals surface area contributed by atoms with E-state index in [1.54, 1.807) is 22.7 Å². The standard InChI is InChI=1S/C16H22N6O3/c1-3-22-14-11(8-19-22)13(12(7-18-14)15(23)25-4-2)20-10-5-6-21(9-10)16(17)24/h7-8,10H,3-6,9H2,1-2H3,(H2,17,24)(H,18,20)/t10-/m0/s1. The van der Waals surface area contributed by atoms with Gasteiger partial charge in [0.2, 0.25) is 0 Å². The minimum absolute atomic E-state index is 0.00347. The van der Waals surface area contributed by atoms with Crippen molar-refractivity contribution in [1.29, 1.82) is 0 Å². The van der Waals surface area contributed by atoms with E-state index < -0.39 is 12.0 Å². The molecule has 0 saturated carbocycles. The number of carbonyl (C=O) groups is 2. The van der Waals surface area contributed by atoms with Crippen LogP contribution < -0.4 is 11.1 Å². The molecular weight excluding hydrogens is 324 g/mol. The van der Waals surface area contributed by atoms with E-state index >= 15 is 0 Å². The third-order valence-electron chi connectivity index (χ3n) is 4.31. The zero-order valence-electron chi connectivity index (χ0n) is 14.4. The summed E-state index contributed by atoms with van der Waals surface area (Å²) in [5.74, 6) is -0.437. The van der Waals surface area contributed by atoms with Gasteiger partial charge in [0.1, 0.15) is 5.56 Å². The van der Waals surface area contributed by atoms with Crippen LogP contribution in [0, 0.1) is 0 Å². The van der Waals surface area contributed by atoms with Crippen LogP contribution in [0.3, 0.4) is 0 Å². The van der Waals surface area contributed by atoms with Gasteiger partial charge in [-0.1, -0.05) is 0 Å². The van der Waals surface area contributed by atoms with E-state index in [2.05, 4.69) is 15.4 Å². The van der Waals surface area contributed by atoms with E-state index in [9.17, 15) is 9.59 Å². The number of fused-ring (bicyclic) bond motifs is 1. The van der Waals surface area contributed by atoms with Gasteiger partial charge in [-0.15, -0.1) is 0 Å². The van der Waals surface area contributed by atoms with E-state index in [4.69, 9.17) is 10.5 Å². The average molecular weight is 346 g/mol. The first kappa shape index (κ1) is 17.0. The Morgan fingerprint density at radius 2 is 2.20 bits per heavy atom. The van der Waals surface area contributed by atoms with Gasteiger partial charge in [-0.2, -0.15) is 5.10 Å². The number of hydrogen-bond donors (Lipinski definition) is 2. The van der Waals surface area contributed by atoms with Gasteiger partial charge >= 0.3 is 12.0 Å². The number of nitrogens with zero attached hydrogens (tertiary/aromatic N) is 4. The number of rotatable bonds is 5. The van der Waals surface area contributed by atoms with E-state index in [0.717, 1.165) is 11.8 Å². The fraction of sp³-hybridized carbons (Fsp3) is 0.500. The molecule has 134 valence electrons. The van der Waals surface area contributed by atoms with Crippen LogP contribution in [0.5, 0.6) is 0 Å². The van der Waals surface area contributed by atoms with Crippen LogP contribution in [0.25, 0.3) is 11.0 Å². The molecule has 9 heteroatoms. The van der Waals surface area contributed by atoms with Crippen LogP contribution >= 0.6 is 0 Å². The number of esters is 1. The molecule has 25 heavy (non-hydrogen) atoms. The van der Waals surface area contributed by atoms with Gasteiger partial charge in [0, 0.05) is 31.9 Å². The maximum absolute atomic E-state index is 12.3. The molecule has 0 aromatic carbocycles. The maximum Gasteiger partial charge on any atom is 0.341 e. The van der Waals surface area contributed by atoms with Crippen molar-refractivity contribution in [2.45, 2.75) is 32.9 Å². The summed E-state index contributed by atoms with van der Waals surface area (Å²) in [6.07, 6.45) is 3.95. The smallest absolute Gasteiger partial charge is 0.341 e. The second-order valence-electron chi connectivity index (χ2n) is 5.88. The Hall–Kier alpha value is -2.84. The van der Waals surface area contributed by atoms with E-state index in [-0.39, 0.29) is 12.6 Å². The molecule has 3 heterocycles. The van der Waals surface area contributed by atoms with Crippen LogP contribution in [0.4, 0.5) is 10.5 Å². The lowest BCUT2D eigenvalue weighted by Crippen LogP contribution is -2.35. The highest BCUT2D eigenvalue weighted by atomic mass is 16.5. The van der Waals surface area contributed by atoms with E-state index in [0.29, 0.717) is 36.5 Å². The summed E-state index contributed by atoms with van der Waals surface area (Å²) in [6, 6.07) is -0.440. The summed E-state index contributed by atoms with van der Waals surface area (Å²) in [5.41, 5.74) is 7.04. The molecule has 1 fully saturated rings. The predicted octanol–water partition coefficient (Wildman–Crippen LogP) is 1.19. The average Bonchev–Trinajstić information content (AvgIpc) is 3.21. The number of urea groups is 1. The van der Waals surface area contributed by atoms with Gasteiger partial charge in [0.05, 0.1) is 23.9 Å². The van der Waals surface area contributed by atoms with Crippen molar-refractivity contribution in [2.24, 2.45) is 5.73 Å². The Kier molecular flexibility index (Phi) is 4.73. The summed E-state index contributed by atoms with van der Waals surface area (Å²) >= 11 is 0. The van der Waals surface area contributed by atoms with Crippen molar-refractivity contribution >= 4 is 28.7 Å². The quantitative estimate of drug-likeness (QED) is 0.786. The third kappa shape index (κ3) is 3.21. The molecule has 2 amide bonds. The summed E-state index contributed by atoms with van der Waals surface area (Å²) in [6.45, 7) is 5.76. The number of aryl methyl sites for hydroxylation is 1. The van der Waals surface area contributed by atoms with Crippen LogP contribution in [0.1, 0.15) is 30.6 Å². The molecule has 1 atom stereocenters. The molecule has 9 nitrogen and oxygen atoms in total. The number of ether oxygens (including phenoxy) is 1. The van der Waals surface area contributed by atoms with Gasteiger partial charge in [-0.3, -0.25) is 0 Å². The number of nitrogens with two attached hydrogens (primary N) is 1. The summed E-state index contributed by atoms with van der Waals surface area (Å²) in [5, 5.41) is 8.44.